The second kappa shape index (κ2) is 5.00. The van der Waals surface area contributed by atoms with Gasteiger partial charge in [-0.3, -0.25) is 4.90 Å². The molecule has 17 heavy (non-hydrogen) atoms. The fraction of sp³-hybridized carbons (Fsp3) is 0.692. The Morgan fingerprint density at radius 1 is 1.47 bits per heavy atom. The largest absolute Gasteiger partial charge is 0.305 e. The van der Waals surface area contributed by atoms with Gasteiger partial charge in [0.05, 0.1) is 0 Å². The molecule has 0 radical (unpaired) electrons. The van der Waals surface area contributed by atoms with E-state index >= 15 is 0 Å². The van der Waals surface area contributed by atoms with Crippen LogP contribution in [-0.4, -0.2) is 30.1 Å². The lowest BCUT2D eigenvalue weighted by atomic mass is 10.1. The molecule has 0 aromatic carbocycles. The molecule has 2 fully saturated rings. The highest BCUT2D eigenvalue weighted by molar-refractivity contribution is 9.10. The standard InChI is InChI=1S/C13H19BrN2S/c1-9(13-7-10(14)8-17-13)15-11-4-6-16-5-2-3-12(11)16/h7-9,11-12,15H,2-6H2,1H3. The van der Waals surface area contributed by atoms with E-state index in [1.54, 1.807) is 0 Å². The van der Waals surface area contributed by atoms with Gasteiger partial charge in [-0.15, -0.1) is 11.3 Å². The minimum Gasteiger partial charge on any atom is -0.305 e. The lowest BCUT2D eigenvalue weighted by molar-refractivity contribution is 0.292. The van der Waals surface area contributed by atoms with Crippen molar-refractivity contribution in [2.24, 2.45) is 0 Å². The van der Waals surface area contributed by atoms with Crippen molar-refractivity contribution in [1.82, 2.24) is 10.2 Å². The van der Waals surface area contributed by atoms with E-state index in [0.29, 0.717) is 12.1 Å². The monoisotopic (exact) mass is 314 g/mol. The summed E-state index contributed by atoms with van der Waals surface area (Å²) in [4.78, 5) is 4.10. The molecular formula is C13H19BrN2S. The first kappa shape index (κ1) is 12.2. The van der Waals surface area contributed by atoms with E-state index in [2.05, 4.69) is 44.5 Å². The van der Waals surface area contributed by atoms with Gasteiger partial charge in [0.15, 0.2) is 0 Å². The highest BCUT2D eigenvalue weighted by Gasteiger charge is 2.37. The van der Waals surface area contributed by atoms with E-state index in [9.17, 15) is 0 Å². The number of hydrogen-bond acceptors (Lipinski definition) is 3. The molecule has 3 heterocycles. The minimum atomic E-state index is 0.483. The molecule has 4 heteroatoms. The SMILES string of the molecule is CC(NC1CCN2CCCC12)c1cc(Br)cs1. The summed E-state index contributed by atoms with van der Waals surface area (Å²) in [6.07, 6.45) is 4.10. The van der Waals surface area contributed by atoms with Crippen molar-refractivity contribution in [2.45, 2.75) is 44.3 Å². The third-order valence-corrected chi connectivity index (χ3v) is 5.96. The molecule has 3 rings (SSSR count). The first-order valence-electron chi connectivity index (χ1n) is 6.48. The summed E-state index contributed by atoms with van der Waals surface area (Å²) in [5, 5.41) is 6.00. The smallest absolute Gasteiger partial charge is 0.0389 e. The maximum Gasteiger partial charge on any atom is 0.0389 e. The van der Waals surface area contributed by atoms with Crippen molar-refractivity contribution in [3.8, 4) is 0 Å². The van der Waals surface area contributed by atoms with E-state index in [0.717, 1.165) is 6.04 Å². The molecule has 0 saturated carbocycles. The summed E-state index contributed by atoms with van der Waals surface area (Å²) < 4.78 is 1.21. The number of nitrogens with one attached hydrogen (secondary N) is 1. The van der Waals surface area contributed by atoms with Gasteiger partial charge in [0.1, 0.15) is 0 Å². The molecule has 94 valence electrons. The second-order valence-electron chi connectivity index (χ2n) is 5.20. The van der Waals surface area contributed by atoms with Gasteiger partial charge in [-0.1, -0.05) is 0 Å². The molecule has 0 bridgehead atoms. The van der Waals surface area contributed by atoms with Crippen molar-refractivity contribution in [2.75, 3.05) is 13.1 Å². The number of nitrogens with zero attached hydrogens (tertiary/aromatic N) is 1. The van der Waals surface area contributed by atoms with Gasteiger partial charge in [0.25, 0.3) is 0 Å². The molecule has 2 aliphatic rings. The second-order valence-corrected chi connectivity index (χ2v) is 7.05. The zero-order chi connectivity index (χ0) is 11.8. The first-order chi connectivity index (χ1) is 8.24. The van der Waals surface area contributed by atoms with Gasteiger partial charge < -0.3 is 5.32 Å². The number of halogens is 1. The molecule has 1 N–H and O–H groups in total. The minimum absolute atomic E-state index is 0.483. The highest BCUT2D eigenvalue weighted by Crippen LogP contribution is 2.31. The predicted molar refractivity (Wildman–Crippen MR) is 76.6 cm³/mol. The van der Waals surface area contributed by atoms with Crippen molar-refractivity contribution in [3.63, 3.8) is 0 Å². The van der Waals surface area contributed by atoms with Crippen LogP contribution >= 0.6 is 27.3 Å². The van der Waals surface area contributed by atoms with Crippen molar-refractivity contribution in [1.29, 1.82) is 0 Å². The van der Waals surface area contributed by atoms with E-state index in [1.165, 1.54) is 41.7 Å². The molecule has 0 amide bonds. The lowest BCUT2D eigenvalue weighted by Gasteiger charge is -2.24. The molecule has 3 atom stereocenters. The van der Waals surface area contributed by atoms with E-state index < -0.39 is 0 Å². The van der Waals surface area contributed by atoms with Crippen molar-refractivity contribution >= 4 is 27.3 Å². The Morgan fingerprint density at radius 2 is 2.35 bits per heavy atom. The van der Waals surface area contributed by atoms with Crippen molar-refractivity contribution in [3.05, 3.63) is 20.8 Å². The predicted octanol–water partition coefficient (Wildman–Crippen LogP) is 3.40. The Labute approximate surface area is 116 Å². The van der Waals surface area contributed by atoms with Crippen LogP contribution in [0.4, 0.5) is 0 Å². The Balaban J connectivity index is 1.63. The third kappa shape index (κ3) is 2.46. The summed E-state index contributed by atoms with van der Waals surface area (Å²) in [6.45, 7) is 4.90. The summed E-state index contributed by atoms with van der Waals surface area (Å²) in [7, 11) is 0. The lowest BCUT2D eigenvalue weighted by Crippen LogP contribution is -2.40. The van der Waals surface area contributed by atoms with Crippen LogP contribution in [0.3, 0.4) is 0 Å². The number of rotatable bonds is 3. The third-order valence-electron chi connectivity index (χ3n) is 4.08. The molecule has 3 unspecified atom stereocenters. The molecule has 2 nitrogen and oxygen atoms in total. The van der Waals surface area contributed by atoms with Gasteiger partial charge in [0.2, 0.25) is 0 Å². The van der Waals surface area contributed by atoms with Crippen LogP contribution in [0.25, 0.3) is 0 Å². The van der Waals surface area contributed by atoms with Crippen LogP contribution in [0.2, 0.25) is 0 Å². The summed E-state index contributed by atoms with van der Waals surface area (Å²) in [5.41, 5.74) is 0. The quantitative estimate of drug-likeness (QED) is 0.920. The van der Waals surface area contributed by atoms with E-state index in [-0.39, 0.29) is 0 Å². The molecular weight excluding hydrogens is 296 g/mol. The normalized spacial score (nSPS) is 30.7. The fourth-order valence-electron chi connectivity index (χ4n) is 3.24. The first-order valence-corrected chi connectivity index (χ1v) is 8.15. The van der Waals surface area contributed by atoms with Gasteiger partial charge in [-0.05, 0) is 54.7 Å². The Bertz CT molecular complexity index is 393. The maximum absolute atomic E-state index is 3.83. The molecule has 1 aromatic rings. The number of fused-ring (bicyclic) bond motifs is 1. The van der Waals surface area contributed by atoms with E-state index in [4.69, 9.17) is 0 Å². The van der Waals surface area contributed by atoms with Gasteiger partial charge in [-0.2, -0.15) is 0 Å². The average Bonchev–Trinajstić information content (AvgIpc) is 2.96. The molecule has 0 spiro atoms. The Morgan fingerprint density at radius 3 is 3.12 bits per heavy atom. The molecule has 1 aromatic heterocycles. The van der Waals surface area contributed by atoms with Crippen LogP contribution in [0, 0.1) is 0 Å². The van der Waals surface area contributed by atoms with Crippen LogP contribution < -0.4 is 5.32 Å². The summed E-state index contributed by atoms with van der Waals surface area (Å²) in [6, 6.07) is 4.23. The van der Waals surface area contributed by atoms with Gasteiger partial charge in [-0.25, -0.2) is 0 Å². The summed E-state index contributed by atoms with van der Waals surface area (Å²) >= 11 is 5.38. The summed E-state index contributed by atoms with van der Waals surface area (Å²) in [5.74, 6) is 0. The van der Waals surface area contributed by atoms with Crippen LogP contribution in [-0.2, 0) is 0 Å². The average molecular weight is 315 g/mol. The topological polar surface area (TPSA) is 15.3 Å². The Hall–Kier alpha value is 0.1000. The fourth-order valence-corrected chi connectivity index (χ4v) is 4.70. The number of thiophene rings is 1. The Kier molecular flexibility index (Phi) is 3.57. The van der Waals surface area contributed by atoms with Crippen LogP contribution in [0.1, 0.15) is 37.1 Å². The molecule has 0 aliphatic carbocycles. The maximum atomic E-state index is 3.83. The van der Waals surface area contributed by atoms with Gasteiger partial charge >= 0.3 is 0 Å². The molecule has 2 aliphatic heterocycles. The van der Waals surface area contributed by atoms with Crippen molar-refractivity contribution < 1.29 is 0 Å². The van der Waals surface area contributed by atoms with E-state index in [1.807, 2.05) is 11.3 Å². The highest BCUT2D eigenvalue weighted by atomic mass is 79.9. The number of hydrogen-bond donors (Lipinski definition) is 1. The zero-order valence-corrected chi connectivity index (χ0v) is 12.6. The van der Waals surface area contributed by atoms with Crippen LogP contribution in [0.5, 0.6) is 0 Å². The van der Waals surface area contributed by atoms with Crippen LogP contribution in [0.15, 0.2) is 15.9 Å². The molecule has 2 saturated heterocycles. The van der Waals surface area contributed by atoms with Gasteiger partial charge in [0, 0.05) is 39.4 Å². The zero-order valence-electron chi connectivity index (χ0n) is 10.2.